The molecule has 32 heavy (non-hydrogen) atoms. The van der Waals surface area contributed by atoms with Crippen molar-refractivity contribution in [1.29, 1.82) is 0 Å². The molecular formula is C24H26N4O3S. The molecule has 0 radical (unpaired) electrons. The molecule has 1 fully saturated rings. The average Bonchev–Trinajstić information content (AvgIpc) is 2.81. The SMILES string of the molecule is Cc1ccc(O)cc1/C=C/c1cnc(Nc2ccc(S(=O)(=O)C3CCNCC3)cc2)nc1. The summed E-state index contributed by atoms with van der Waals surface area (Å²) in [4.78, 5) is 8.99. The van der Waals surface area contributed by atoms with E-state index in [1.54, 1.807) is 48.8 Å². The van der Waals surface area contributed by atoms with Crippen LogP contribution in [0.15, 0.2) is 59.8 Å². The van der Waals surface area contributed by atoms with Crippen molar-refractivity contribution in [1.82, 2.24) is 15.3 Å². The number of phenols is 1. The quantitative estimate of drug-likeness (QED) is 0.523. The molecule has 0 bridgehead atoms. The van der Waals surface area contributed by atoms with Crippen LogP contribution in [0.5, 0.6) is 5.75 Å². The number of sulfone groups is 1. The average molecular weight is 451 g/mol. The minimum Gasteiger partial charge on any atom is -0.508 e. The van der Waals surface area contributed by atoms with Gasteiger partial charge in [-0.3, -0.25) is 0 Å². The summed E-state index contributed by atoms with van der Waals surface area (Å²) in [5.41, 5.74) is 3.52. The zero-order valence-corrected chi connectivity index (χ0v) is 18.6. The van der Waals surface area contributed by atoms with E-state index in [1.807, 2.05) is 25.1 Å². The molecule has 166 valence electrons. The molecule has 1 saturated heterocycles. The summed E-state index contributed by atoms with van der Waals surface area (Å²) in [6.07, 6.45) is 8.46. The summed E-state index contributed by atoms with van der Waals surface area (Å²) >= 11 is 0. The molecule has 1 aliphatic rings. The van der Waals surface area contributed by atoms with E-state index in [4.69, 9.17) is 0 Å². The first kappa shape index (κ1) is 22.0. The first-order valence-corrected chi connectivity index (χ1v) is 12.1. The Morgan fingerprint density at radius 3 is 2.41 bits per heavy atom. The van der Waals surface area contributed by atoms with Crippen molar-refractivity contribution in [3.05, 3.63) is 71.5 Å². The van der Waals surface area contributed by atoms with Crippen LogP contribution in [0.1, 0.15) is 29.5 Å². The third-order valence-electron chi connectivity index (χ3n) is 5.55. The number of hydrogen-bond donors (Lipinski definition) is 3. The highest BCUT2D eigenvalue weighted by Gasteiger charge is 2.28. The first-order chi connectivity index (χ1) is 15.4. The topological polar surface area (TPSA) is 104 Å². The fourth-order valence-electron chi connectivity index (χ4n) is 3.64. The molecule has 0 saturated carbocycles. The Hall–Kier alpha value is -3.23. The minimum absolute atomic E-state index is 0.223. The molecule has 0 spiro atoms. The third kappa shape index (κ3) is 5.15. The number of hydrogen-bond acceptors (Lipinski definition) is 7. The smallest absolute Gasteiger partial charge is 0.227 e. The molecule has 0 unspecified atom stereocenters. The van der Waals surface area contributed by atoms with Crippen LogP contribution >= 0.6 is 0 Å². The number of nitrogens with zero attached hydrogens (tertiary/aromatic N) is 2. The second-order valence-electron chi connectivity index (χ2n) is 7.86. The monoisotopic (exact) mass is 450 g/mol. The lowest BCUT2D eigenvalue weighted by molar-refractivity contribution is 0.475. The number of nitrogens with one attached hydrogen (secondary N) is 2. The summed E-state index contributed by atoms with van der Waals surface area (Å²) in [6.45, 7) is 3.45. The predicted molar refractivity (Wildman–Crippen MR) is 127 cm³/mol. The normalized spacial score (nSPS) is 15.2. The van der Waals surface area contributed by atoms with E-state index in [-0.39, 0.29) is 11.0 Å². The molecule has 0 atom stereocenters. The zero-order chi connectivity index (χ0) is 22.6. The van der Waals surface area contributed by atoms with Gasteiger partial charge in [0.25, 0.3) is 0 Å². The number of aryl methyl sites for hydroxylation is 1. The summed E-state index contributed by atoms with van der Waals surface area (Å²) < 4.78 is 25.6. The van der Waals surface area contributed by atoms with Crippen molar-refractivity contribution >= 4 is 33.6 Å². The maximum absolute atomic E-state index is 12.8. The van der Waals surface area contributed by atoms with Crippen LogP contribution in [-0.4, -0.2) is 41.8 Å². The Bertz CT molecular complexity index is 1200. The molecule has 3 N–H and O–H groups in total. The van der Waals surface area contributed by atoms with Gasteiger partial charge in [-0.25, -0.2) is 18.4 Å². The lowest BCUT2D eigenvalue weighted by atomic mass is 10.1. The largest absolute Gasteiger partial charge is 0.508 e. The summed E-state index contributed by atoms with van der Waals surface area (Å²) in [5.74, 6) is 0.644. The number of anilines is 2. The van der Waals surface area contributed by atoms with E-state index >= 15 is 0 Å². The molecule has 3 aromatic rings. The number of aromatic nitrogens is 2. The van der Waals surface area contributed by atoms with E-state index < -0.39 is 9.84 Å². The zero-order valence-electron chi connectivity index (χ0n) is 17.8. The molecule has 7 nitrogen and oxygen atoms in total. The van der Waals surface area contributed by atoms with Gasteiger partial charge in [0, 0.05) is 23.6 Å². The highest BCUT2D eigenvalue weighted by molar-refractivity contribution is 7.92. The van der Waals surface area contributed by atoms with Crippen LogP contribution in [-0.2, 0) is 9.84 Å². The summed E-state index contributed by atoms with van der Waals surface area (Å²) in [5, 5.41) is 15.6. The first-order valence-electron chi connectivity index (χ1n) is 10.5. The molecule has 2 heterocycles. The van der Waals surface area contributed by atoms with Crippen molar-refractivity contribution in [3.63, 3.8) is 0 Å². The highest BCUT2D eigenvalue weighted by atomic mass is 32.2. The molecule has 2 aromatic carbocycles. The van der Waals surface area contributed by atoms with Crippen molar-refractivity contribution in [2.24, 2.45) is 0 Å². The molecule has 8 heteroatoms. The van der Waals surface area contributed by atoms with Crippen LogP contribution in [0.4, 0.5) is 11.6 Å². The van der Waals surface area contributed by atoms with Crippen LogP contribution in [0, 0.1) is 6.92 Å². The summed E-state index contributed by atoms with van der Waals surface area (Å²) in [7, 11) is -3.31. The number of aromatic hydroxyl groups is 1. The predicted octanol–water partition coefficient (Wildman–Crippen LogP) is 3.93. The molecule has 4 rings (SSSR count). The Balaban J connectivity index is 1.41. The maximum atomic E-state index is 12.8. The van der Waals surface area contributed by atoms with Gasteiger partial charge in [0.05, 0.1) is 10.1 Å². The lowest BCUT2D eigenvalue weighted by Crippen LogP contribution is -2.35. The molecule has 0 aliphatic carbocycles. The Morgan fingerprint density at radius 1 is 1.03 bits per heavy atom. The fourth-order valence-corrected chi connectivity index (χ4v) is 5.39. The van der Waals surface area contributed by atoms with Crippen molar-refractivity contribution < 1.29 is 13.5 Å². The maximum Gasteiger partial charge on any atom is 0.227 e. The number of benzene rings is 2. The second-order valence-corrected chi connectivity index (χ2v) is 10.1. The van der Waals surface area contributed by atoms with Gasteiger partial charge in [-0.1, -0.05) is 18.2 Å². The van der Waals surface area contributed by atoms with Crippen LogP contribution in [0.25, 0.3) is 12.2 Å². The van der Waals surface area contributed by atoms with Gasteiger partial charge < -0.3 is 15.7 Å². The Kier molecular flexibility index (Phi) is 6.53. The van der Waals surface area contributed by atoms with E-state index in [2.05, 4.69) is 20.6 Å². The molecule has 1 aliphatic heterocycles. The fraction of sp³-hybridized carbons (Fsp3) is 0.250. The van der Waals surface area contributed by atoms with Crippen molar-refractivity contribution in [3.8, 4) is 5.75 Å². The van der Waals surface area contributed by atoms with Gasteiger partial charge in [0.2, 0.25) is 5.95 Å². The third-order valence-corrected chi connectivity index (χ3v) is 7.83. The number of piperidine rings is 1. The van der Waals surface area contributed by atoms with E-state index in [0.717, 1.165) is 29.8 Å². The van der Waals surface area contributed by atoms with Crippen molar-refractivity contribution in [2.75, 3.05) is 18.4 Å². The van der Waals surface area contributed by atoms with Crippen LogP contribution in [0.2, 0.25) is 0 Å². The Labute approximate surface area is 188 Å². The van der Waals surface area contributed by atoms with Gasteiger partial charge in [0.15, 0.2) is 9.84 Å². The van der Waals surface area contributed by atoms with E-state index in [0.29, 0.717) is 29.4 Å². The molecular weight excluding hydrogens is 424 g/mol. The number of rotatable bonds is 6. The summed E-state index contributed by atoms with van der Waals surface area (Å²) in [6, 6.07) is 12.0. The van der Waals surface area contributed by atoms with Gasteiger partial charge in [-0.15, -0.1) is 0 Å². The van der Waals surface area contributed by atoms with Gasteiger partial charge in [-0.05, 0) is 80.4 Å². The van der Waals surface area contributed by atoms with Gasteiger partial charge in [-0.2, -0.15) is 0 Å². The lowest BCUT2D eigenvalue weighted by Gasteiger charge is -2.22. The second kappa shape index (κ2) is 9.50. The Morgan fingerprint density at radius 2 is 1.72 bits per heavy atom. The molecule has 1 aromatic heterocycles. The number of phenolic OH excluding ortho intramolecular Hbond substituents is 1. The van der Waals surface area contributed by atoms with Gasteiger partial charge in [0.1, 0.15) is 5.75 Å². The van der Waals surface area contributed by atoms with Crippen molar-refractivity contribution in [2.45, 2.75) is 29.9 Å². The minimum atomic E-state index is -3.31. The van der Waals surface area contributed by atoms with E-state index in [9.17, 15) is 13.5 Å². The van der Waals surface area contributed by atoms with Crippen LogP contribution < -0.4 is 10.6 Å². The highest BCUT2D eigenvalue weighted by Crippen LogP contribution is 2.24. The van der Waals surface area contributed by atoms with Crippen LogP contribution in [0.3, 0.4) is 0 Å². The van der Waals surface area contributed by atoms with Gasteiger partial charge >= 0.3 is 0 Å². The van der Waals surface area contributed by atoms with E-state index in [1.165, 1.54) is 0 Å². The standard InChI is InChI=1S/C24H26N4O3S/c1-17-2-7-21(29)14-19(17)4-3-18-15-26-24(27-16-18)28-20-5-8-22(9-6-20)32(30,31)23-10-12-25-13-11-23/h2-9,14-16,23,25,29H,10-13H2,1H3,(H,26,27,28)/b4-3+. The molecule has 0 amide bonds.